The summed E-state index contributed by atoms with van der Waals surface area (Å²) in [7, 11) is 0. The van der Waals surface area contributed by atoms with E-state index in [1.807, 2.05) is 30.3 Å². The average Bonchev–Trinajstić information content (AvgIpc) is 3.50. The van der Waals surface area contributed by atoms with Crippen LogP contribution in [0.15, 0.2) is 64.2 Å². The maximum absolute atomic E-state index is 13.5. The molecule has 5 rings (SSSR count). The van der Waals surface area contributed by atoms with Gasteiger partial charge in [-0.1, -0.05) is 41.6 Å². The van der Waals surface area contributed by atoms with E-state index in [2.05, 4.69) is 25.5 Å². The predicted molar refractivity (Wildman–Crippen MR) is 126 cm³/mol. The van der Waals surface area contributed by atoms with Gasteiger partial charge < -0.3 is 14.8 Å². The van der Waals surface area contributed by atoms with Gasteiger partial charge in [0.1, 0.15) is 5.69 Å². The predicted octanol–water partition coefficient (Wildman–Crippen LogP) is 6.11. The summed E-state index contributed by atoms with van der Waals surface area (Å²) in [5, 5.41) is 12.8. The summed E-state index contributed by atoms with van der Waals surface area (Å²) < 4.78 is 84.6. The molecule has 0 fully saturated rings. The Balaban J connectivity index is 1.25. The summed E-state index contributed by atoms with van der Waals surface area (Å²) in [4.78, 5) is 7.68. The van der Waals surface area contributed by atoms with Crippen LogP contribution in [0.1, 0.15) is 33.8 Å². The second-order valence-corrected chi connectivity index (χ2v) is 8.61. The average molecular weight is 534 g/mol. The van der Waals surface area contributed by atoms with Gasteiger partial charge in [0.2, 0.25) is 5.95 Å². The van der Waals surface area contributed by atoms with Gasteiger partial charge in [-0.2, -0.15) is 31.4 Å². The first-order valence-corrected chi connectivity index (χ1v) is 11.5. The highest BCUT2D eigenvalue weighted by Gasteiger charge is 2.39. The van der Waals surface area contributed by atoms with Crippen LogP contribution in [0.3, 0.4) is 0 Å². The highest BCUT2D eigenvalue weighted by Crippen LogP contribution is 2.40. The van der Waals surface area contributed by atoms with Gasteiger partial charge in [-0.3, -0.25) is 5.01 Å². The second kappa shape index (κ2) is 9.88. The highest BCUT2D eigenvalue weighted by molar-refractivity contribution is 5.80. The summed E-state index contributed by atoms with van der Waals surface area (Å²) in [6, 6.07) is 12.6. The number of hydrogen-bond acceptors (Lipinski definition) is 6. The van der Waals surface area contributed by atoms with Gasteiger partial charge in [0.05, 0.1) is 41.8 Å². The molecule has 13 heteroatoms. The van der Waals surface area contributed by atoms with Crippen molar-refractivity contribution in [3.63, 3.8) is 0 Å². The number of alkyl halides is 6. The molecule has 1 aliphatic rings. The van der Waals surface area contributed by atoms with Gasteiger partial charge in [0, 0.05) is 18.2 Å². The van der Waals surface area contributed by atoms with Crippen molar-refractivity contribution in [2.45, 2.75) is 31.9 Å². The third-order valence-electron chi connectivity index (χ3n) is 5.87. The number of benzene rings is 2. The van der Waals surface area contributed by atoms with Gasteiger partial charge >= 0.3 is 12.4 Å². The molecule has 38 heavy (non-hydrogen) atoms. The molecule has 2 N–H and O–H groups in total. The van der Waals surface area contributed by atoms with Crippen molar-refractivity contribution in [2.75, 3.05) is 11.9 Å². The van der Waals surface area contributed by atoms with E-state index in [0.717, 1.165) is 18.2 Å². The molecule has 0 atom stereocenters. The standard InChI is InChI=1S/C25H20F6N6O/c26-24(27,28)16-6-7-18(19(10-16)25(29,30)31)20-11-17(38-36-20)13-37-14-22-21(12-33-37)34-23(35-22)32-9-8-15-4-2-1-3-5-15/h1-7,10-12H,8-9,13-14H2,(H2,32,34,35). The number of aromatic nitrogens is 3. The Hall–Kier alpha value is -4.29. The summed E-state index contributed by atoms with van der Waals surface area (Å²) in [6.07, 6.45) is -7.55. The maximum atomic E-state index is 13.5. The van der Waals surface area contributed by atoms with Crippen LogP contribution in [0.2, 0.25) is 0 Å². The molecule has 7 nitrogen and oxygen atoms in total. The molecule has 0 saturated carbocycles. The van der Waals surface area contributed by atoms with Crippen LogP contribution < -0.4 is 5.32 Å². The fourth-order valence-electron chi connectivity index (χ4n) is 4.03. The minimum atomic E-state index is -5.02. The molecule has 0 radical (unpaired) electrons. The van der Waals surface area contributed by atoms with Crippen LogP contribution in [0.5, 0.6) is 0 Å². The number of nitrogens with one attached hydrogen (secondary N) is 2. The van der Waals surface area contributed by atoms with E-state index < -0.39 is 29.0 Å². The fourth-order valence-corrected chi connectivity index (χ4v) is 4.03. The van der Waals surface area contributed by atoms with Crippen LogP contribution >= 0.6 is 0 Å². The fraction of sp³-hybridized carbons (Fsp3) is 0.240. The van der Waals surface area contributed by atoms with E-state index in [-0.39, 0.29) is 24.1 Å². The molecule has 2 aromatic heterocycles. The zero-order valence-electron chi connectivity index (χ0n) is 19.6. The largest absolute Gasteiger partial charge is 0.417 e. The summed E-state index contributed by atoms with van der Waals surface area (Å²) in [5.41, 5.74) is -0.962. The monoisotopic (exact) mass is 534 g/mol. The molecule has 0 bridgehead atoms. The molecule has 3 heterocycles. The van der Waals surface area contributed by atoms with E-state index >= 15 is 0 Å². The number of anilines is 1. The lowest BCUT2D eigenvalue weighted by molar-refractivity contribution is -0.142. The van der Waals surface area contributed by atoms with Gasteiger partial charge in [0.25, 0.3) is 0 Å². The van der Waals surface area contributed by atoms with Gasteiger partial charge in [-0.25, -0.2) is 4.98 Å². The number of rotatable bonds is 7. The topological polar surface area (TPSA) is 82.3 Å². The molecule has 198 valence electrons. The number of imidazole rings is 1. The first-order chi connectivity index (χ1) is 18.1. The molecule has 2 aromatic carbocycles. The van der Waals surface area contributed by atoms with Crippen LogP contribution in [0.25, 0.3) is 11.3 Å². The smallest absolute Gasteiger partial charge is 0.359 e. The Kier molecular flexibility index (Phi) is 6.59. The van der Waals surface area contributed by atoms with E-state index in [1.54, 1.807) is 11.2 Å². The minimum Gasteiger partial charge on any atom is -0.359 e. The Bertz CT molecular complexity index is 1440. The van der Waals surface area contributed by atoms with Crippen molar-refractivity contribution < 1.29 is 30.9 Å². The highest BCUT2D eigenvalue weighted by atomic mass is 19.4. The molecule has 0 amide bonds. The molecule has 0 aliphatic carbocycles. The van der Waals surface area contributed by atoms with Crippen LogP contribution in [-0.2, 0) is 31.9 Å². The quantitative estimate of drug-likeness (QED) is 0.280. The van der Waals surface area contributed by atoms with Crippen molar-refractivity contribution in [2.24, 2.45) is 5.10 Å². The lowest BCUT2D eigenvalue weighted by Gasteiger charge is -2.19. The zero-order chi connectivity index (χ0) is 26.9. The van der Waals surface area contributed by atoms with Crippen molar-refractivity contribution >= 4 is 12.2 Å². The normalized spacial score (nSPS) is 13.6. The number of H-pyrrole nitrogens is 1. The number of hydrogen-bond donors (Lipinski definition) is 2. The number of nitrogens with zero attached hydrogens (tertiary/aromatic N) is 4. The van der Waals surface area contributed by atoms with Crippen molar-refractivity contribution in [3.05, 3.63) is 88.4 Å². The Labute approximate surface area is 212 Å². The molecule has 0 spiro atoms. The number of fused-ring (bicyclic) bond motifs is 1. The SMILES string of the molecule is FC(F)(F)c1ccc(-c2cc(CN3Cc4nc(NCCc5ccccc5)[nH]c4C=N3)on2)c(C(F)(F)F)c1. The maximum Gasteiger partial charge on any atom is 0.417 e. The van der Waals surface area contributed by atoms with Crippen LogP contribution in [-0.4, -0.2) is 32.9 Å². The van der Waals surface area contributed by atoms with Gasteiger partial charge in [0.15, 0.2) is 5.76 Å². The van der Waals surface area contributed by atoms with Gasteiger partial charge in [-0.05, 0) is 24.1 Å². The summed E-state index contributed by atoms with van der Waals surface area (Å²) in [6.45, 7) is 1.03. The van der Waals surface area contributed by atoms with Crippen LogP contribution in [0.4, 0.5) is 32.3 Å². The van der Waals surface area contributed by atoms with Crippen molar-refractivity contribution in [3.8, 4) is 11.3 Å². The van der Waals surface area contributed by atoms with E-state index in [0.29, 0.717) is 30.8 Å². The molecular formula is C25H20F6N6O. The molecular weight excluding hydrogens is 514 g/mol. The first kappa shape index (κ1) is 25.4. The Morgan fingerprint density at radius 3 is 2.50 bits per heavy atom. The van der Waals surface area contributed by atoms with E-state index in [1.165, 1.54) is 11.6 Å². The van der Waals surface area contributed by atoms with Crippen molar-refractivity contribution in [1.82, 2.24) is 20.1 Å². The minimum absolute atomic E-state index is 0.0640. The lowest BCUT2D eigenvalue weighted by Crippen LogP contribution is -2.21. The number of hydrazone groups is 1. The molecule has 4 aromatic rings. The van der Waals surface area contributed by atoms with Crippen LogP contribution in [0, 0.1) is 0 Å². The third-order valence-corrected chi connectivity index (χ3v) is 5.87. The molecule has 1 aliphatic heterocycles. The number of aromatic amines is 1. The Morgan fingerprint density at radius 2 is 1.76 bits per heavy atom. The molecule has 0 saturated heterocycles. The first-order valence-electron chi connectivity index (χ1n) is 11.5. The zero-order valence-corrected chi connectivity index (χ0v) is 19.6. The van der Waals surface area contributed by atoms with E-state index in [4.69, 9.17) is 4.52 Å². The number of halogens is 6. The third kappa shape index (κ3) is 5.66. The molecule has 0 unspecified atom stereocenters. The second-order valence-electron chi connectivity index (χ2n) is 8.61. The van der Waals surface area contributed by atoms with E-state index in [9.17, 15) is 26.3 Å². The summed E-state index contributed by atoms with van der Waals surface area (Å²) in [5.74, 6) is 0.772. The van der Waals surface area contributed by atoms with Gasteiger partial charge in [-0.15, -0.1) is 0 Å². The summed E-state index contributed by atoms with van der Waals surface area (Å²) >= 11 is 0. The lowest BCUT2D eigenvalue weighted by atomic mass is 10.0. The Morgan fingerprint density at radius 1 is 0.974 bits per heavy atom. The van der Waals surface area contributed by atoms with Crippen molar-refractivity contribution in [1.29, 1.82) is 0 Å².